The van der Waals surface area contributed by atoms with Gasteiger partial charge in [0.25, 0.3) is 0 Å². The van der Waals surface area contributed by atoms with Crippen molar-refractivity contribution < 1.29 is 13.5 Å². The molecule has 0 saturated carbocycles. The van der Waals surface area contributed by atoms with Gasteiger partial charge in [0, 0.05) is 12.5 Å². The first-order chi connectivity index (χ1) is 11.8. The van der Waals surface area contributed by atoms with Gasteiger partial charge < -0.3 is 5.11 Å². The van der Waals surface area contributed by atoms with Crippen LogP contribution in [0.25, 0.3) is 16.9 Å². The number of aromatic nitrogens is 3. The van der Waals surface area contributed by atoms with Gasteiger partial charge in [0.1, 0.15) is 0 Å². The van der Waals surface area contributed by atoms with E-state index < -0.39 is 9.84 Å². The highest BCUT2D eigenvalue weighted by Gasteiger charge is 2.16. The van der Waals surface area contributed by atoms with Gasteiger partial charge in [0.15, 0.2) is 15.7 Å². The molecule has 7 nitrogen and oxygen atoms in total. The minimum absolute atomic E-state index is 0.0889. The number of benzene rings is 1. The third-order valence-corrected chi connectivity index (χ3v) is 4.85. The maximum absolute atomic E-state index is 11.5. The number of pyridine rings is 1. The molecule has 25 heavy (non-hydrogen) atoms. The van der Waals surface area contributed by atoms with Gasteiger partial charge in [-0.25, -0.2) is 13.4 Å². The van der Waals surface area contributed by atoms with Crippen LogP contribution in [0.4, 0.5) is 0 Å². The highest BCUT2D eigenvalue weighted by atomic mass is 32.2. The fourth-order valence-electron chi connectivity index (χ4n) is 2.45. The van der Waals surface area contributed by atoms with Gasteiger partial charge in [0.05, 0.1) is 28.3 Å². The van der Waals surface area contributed by atoms with Crippen LogP contribution < -0.4 is 0 Å². The Balaban J connectivity index is 2.04. The predicted octanol–water partition coefficient (Wildman–Crippen LogP) is 2.22. The molecule has 0 aliphatic heterocycles. The quantitative estimate of drug-likeness (QED) is 0.772. The zero-order valence-corrected chi connectivity index (χ0v) is 14.3. The van der Waals surface area contributed by atoms with E-state index in [9.17, 15) is 13.5 Å². The summed E-state index contributed by atoms with van der Waals surface area (Å²) in [4.78, 5) is 4.14. The Hall–Kier alpha value is -3.18. The lowest BCUT2D eigenvalue weighted by Gasteiger charge is -2.06. The van der Waals surface area contributed by atoms with Crippen LogP contribution in [0.15, 0.2) is 47.6 Å². The molecule has 126 valence electrons. The first-order valence-corrected chi connectivity index (χ1v) is 9.15. The largest absolute Gasteiger partial charge is 0.493 e. The SMILES string of the molecule is Cc1cc(C#N)ccc1-c1cnn(-c2ccc(S(C)(=O)=O)cn2)c1O. The molecule has 3 aromatic rings. The van der Waals surface area contributed by atoms with Gasteiger partial charge in [-0.05, 0) is 42.3 Å². The van der Waals surface area contributed by atoms with Crippen molar-refractivity contribution in [1.29, 1.82) is 5.26 Å². The average Bonchev–Trinajstić information content (AvgIpc) is 2.95. The molecule has 2 heterocycles. The number of nitrogens with zero attached hydrogens (tertiary/aromatic N) is 4. The Morgan fingerprint density at radius 1 is 1.16 bits per heavy atom. The average molecular weight is 354 g/mol. The number of nitriles is 1. The van der Waals surface area contributed by atoms with Crippen molar-refractivity contribution in [3.8, 4) is 28.9 Å². The molecule has 0 saturated heterocycles. The molecule has 0 aliphatic carbocycles. The van der Waals surface area contributed by atoms with E-state index in [4.69, 9.17) is 5.26 Å². The minimum atomic E-state index is -3.34. The molecule has 0 unspecified atom stereocenters. The summed E-state index contributed by atoms with van der Waals surface area (Å²) in [5.41, 5.74) is 2.60. The molecule has 3 rings (SSSR count). The molecule has 8 heteroatoms. The van der Waals surface area contributed by atoms with Crippen molar-refractivity contribution >= 4 is 9.84 Å². The second-order valence-corrected chi connectivity index (χ2v) is 7.58. The molecular weight excluding hydrogens is 340 g/mol. The molecule has 0 spiro atoms. The second kappa shape index (κ2) is 6.03. The van der Waals surface area contributed by atoms with E-state index >= 15 is 0 Å². The molecular formula is C17H14N4O3S. The lowest BCUT2D eigenvalue weighted by Crippen LogP contribution is -2.02. The molecule has 0 bridgehead atoms. The Morgan fingerprint density at radius 2 is 1.92 bits per heavy atom. The molecule has 0 fully saturated rings. The smallest absolute Gasteiger partial charge is 0.223 e. The van der Waals surface area contributed by atoms with E-state index in [1.807, 2.05) is 6.92 Å². The van der Waals surface area contributed by atoms with Crippen molar-refractivity contribution in [2.24, 2.45) is 0 Å². The van der Waals surface area contributed by atoms with Crippen LogP contribution in [0.5, 0.6) is 5.88 Å². The summed E-state index contributed by atoms with van der Waals surface area (Å²) < 4.78 is 24.2. The van der Waals surface area contributed by atoms with Gasteiger partial charge in [-0.1, -0.05) is 6.07 Å². The van der Waals surface area contributed by atoms with Gasteiger partial charge in [-0.2, -0.15) is 15.0 Å². The van der Waals surface area contributed by atoms with E-state index in [1.54, 1.807) is 18.2 Å². The zero-order valence-electron chi connectivity index (χ0n) is 13.5. The van der Waals surface area contributed by atoms with Crippen LogP contribution >= 0.6 is 0 Å². The van der Waals surface area contributed by atoms with E-state index in [1.165, 1.54) is 29.2 Å². The lowest BCUT2D eigenvalue weighted by atomic mass is 10.0. The summed E-state index contributed by atoms with van der Waals surface area (Å²) in [6, 6.07) is 10.1. The molecule has 0 radical (unpaired) electrons. The maximum atomic E-state index is 11.5. The first-order valence-electron chi connectivity index (χ1n) is 7.26. The van der Waals surface area contributed by atoms with Gasteiger partial charge in [-0.3, -0.25) is 0 Å². The number of aromatic hydroxyl groups is 1. The summed E-state index contributed by atoms with van der Waals surface area (Å²) in [6.07, 6.45) is 3.81. The number of rotatable bonds is 3. The Labute approximate surface area is 144 Å². The molecule has 1 aromatic carbocycles. The number of sulfone groups is 1. The van der Waals surface area contributed by atoms with Crippen LogP contribution in [0.1, 0.15) is 11.1 Å². The molecule has 1 N–H and O–H groups in total. The highest BCUT2D eigenvalue weighted by molar-refractivity contribution is 7.90. The van der Waals surface area contributed by atoms with E-state index in [-0.39, 0.29) is 10.8 Å². The third-order valence-electron chi connectivity index (χ3n) is 3.76. The third kappa shape index (κ3) is 3.09. The van der Waals surface area contributed by atoms with Crippen molar-refractivity contribution in [1.82, 2.24) is 14.8 Å². The van der Waals surface area contributed by atoms with Crippen molar-refractivity contribution in [3.05, 3.63) is 53.9 Å². The summed E-state index contributed by atoms with van der Waals surface area (Å²) in [5, 5.41) is 23.6. The predicted molar refractivity (Wildman–Crippen MR) is 91.0 cm³/mol. The van der Waals surface area contributed by atoms with Crippen molar-refractivity contribution in [3.63, 3.8) is 0 Å². The van der Waals surface area contributed by atoms with Crippen molar-refractivity contribution in [2.45, 2.75) is 11.8 Å². The topological polar surface area (TPSA) is 109 Å². The van der Waals surface area contributed by atoms with Gasteiger partial charge in [0.2, 0.25) is 5.88 Å². The van der Waals surface area contributed by atoms with Crippen LogP contribution in [0.3, 0.4) is 0 Å². The van der Waals surface area contributed by atoms with E-state index in [0.29, 0.717) is 16.9 Å². The fraction of sp³-hybridized carbons (Fsp3) is 0.118. The maximum Gasteiger partial charge on any atom is 0.223 e. The molecule has 0 atom stereocenters. The number of hydrogen-bond donors (Lipinski definition) is 1. The Kier molecular flexibility index (Phi) is 4.02. The highest BCUT2D eigenvalue weighted by Crippen LogP contribution is 2.33. The monoisotopic (exact) mass is 354 g/mol. The summed E-state index contributed by atoms with van der Waals surface area (Å²) in [7, 11) is -3.34. The fourth-order valence-corrected chi connectivity index (χ4v) is 3.01. The standard InChI is InChI=1S/C17H14N4O3S/c1-11-7-12(8-18)3-5-14(11)15-10-20-21(17(15)22)16-6-4-13(9-19-16)25(2,23)24/h3-7,9-10,22H,1-2H3. The second-order valence-electron chi connectivity index (χ2n) is 5.56. The number of hydrogen-bond acceptors (Lipinski definition) is 6. The van der Waals surface area contributed by atoms with Crippen molar-refractivity contribution in [2.75, 3.05) is 6.26 Å². The number of aryl methyl sites for hydroxylation is 1. The van der Waals surface area contributed by atoms with Gasteiger partial charge in [-0.15, -0.1) is 0 Å². The Bertz CT molecular complexity index is 1090. The minimum Gasteiger partial charge on any atom is -0.493 e. The van der Waals surface area contributed by atoms with Crippen LogP contribution in [-0.4, -0.2) is 34.5 Å². The normalized spacial score (nSPS) is 11.2. The summed E-state index contributed by atoms with van der Waals surface area (Å²) in [5.74, 6) is 0.176. The van der Waals surface area contributed by atoms with Crippen LogP contribution in [0.2, 0.25) is 0 Å². The Morgan fingerprint density at radius 3 is 2.48 bits per heavy atom. The van der Waals surface area contributed by atoms with Gasteiger partial charge >= 0.3 is 0 Å². The van der Waals surface area contributed by atoms with E-state index in [0.717, 1.165) is 17.4 Å². The molecule has 0 aliphatic rings. The summed E-state index contributed by atoms with van der Waals surface area (Å²) >= 11 is 0. The molecule has 2 aromatic heterocycles. The first kappa shape index (κ1) is 16.7. The van der Waals surface area contributed by atoms with Crippen LogP contribution in [-0.2, 0) is 9.84 Å². The van der Waals surface area contributed by atoms with E-state index in [2.05, 4.69) is 16.2 Å². The zero-order chi connectivity index (χ0) is 18.2. The summed E-state index contributed by atoms with van der Waals surface area (Å²) in [6.45, 7) is 1.84. The molecule has 0 amide bonds. The van der Waals surface area contributed by atoms with Crippen LogP contribution in [0, 0.1) is 18.3 Å². The lowest BCUT2D eigenvalue weighted by molar-refractivity contribution is 0.433.